The fraction of sp³-hybridized carbons (Fsp3) is 0.273. The molecule has 1 aromatic carbocycles. The summed E-state index contributed by atoms with van der Waals surface area (Å²) in [6.07, 6.45) is 1.96. The van der Waals surface area contributed by atoms with E-state index in [1.54, 1.807) is 7.05 Å². The van der Waals surface area contributed by atoms with Crippen molar-refractivity contribution in [2.45, 2.75) is 13.8 Å². The Labute approximate surface area is 79.0 Å². The van der Waals surface area contributed by atoms with E-state index in [9.17, 15) is 0 Å². The van der Waals surface area contributed by atoms with Crippen LogP contribution in [0.1, 0.15) is 18.1 Å². The first-order chi connectivity index (χ1) is 6.27. The third-order valence-electron chi connectivity index (χ3n) is 1.83. The van der Waals surface area contributed by atoms with E-state index in [4.69, 9.17) is 0 Å². The van der Waals surface area contributed by atoms with Gasteiger partial charge in [-0.15, -0.1) is 0 Å². The molecule has 0 atom stereocenters. The van der Waals surface area contributed by atoms with Crippen LogP contribution in [0.25, 0.3) is 5.70 Å². The van der Waals surface area contributed by atoms with Gasteiger partial charge in [0.25, 0.3) is 0 Å². The summed E-state index contributed by atoms with van der Waals surface area (Å²) in [5, 5.41) is 7.79. The van der Waals surface area contributed by atoms with Crippen molar-refractivity contribution >= 4 is 5.70 Å². The van der Waals surface area contributed by atoms with Crippen LogP contribution in [0.2, 0.25) is 0 Å². The van der Waals surface area contributed by atoms with Crippen LogP contribution in [-0.2, 0) is 0 Å². The van der Waals surface area contributed by atoms with Crippen LogP contribution in [0.3, 0.4) is 0 Å². The van der Waals surface area contributed by atoms with Gasteiger partial charge < -0.3 is 0 Å². The van der Waals surface area contributed by atoms with Gasteiger partial charge in [0.15, 0.2) is 0 Å². The lowest BCUT2D eigenvalue weighted by Crippen LogP contribution is -1.80. The van der Waals surface area contributed by atoms with Crippen LogP contribution < -0.4 is 0 Å². The largest absolute Gasteiger partial charge is 0.192 e. The molecular formula is C11H14N2. The van der Waals surface area contributed by atoms with E-state index < -0.39 is 0 Å². The maximum Gasteiger partial charge on any atom is 0.0882 e. The summed E-state index contributed by atoms with van der Waals surface area (Å²) < 4.78 is 0. The second kappa shape index (κ2) is 4.55. The highest BCUT2D eigenvalue weighted by Gasteiger charge is 1.96. The van der Waals surface area contributed by atoms with Gasteiger partial charge in [0, 0.05) is 12.6 Å². The molecule has 0 aliphatic carbocycles. The molecule has 1 aromatic rings. The molecule has 0 heterocycles. The zero-order chi connectivity index (χ0) is 9.68. The lowest BCUT2D eigenvalue weighted by molar-refractivity contribution is 1.17. The van der Waals surface area contributed by atoms with Gasteiger partial charge in [-0.25, -0.2) is 0 Å². The van der Waals surface area contributed by atoms with Gasteiger partial charge in [0.2, 0.25) is 0 Å². The Hall–Kier alpha value is -1.44. The van der Waals surface area contributed by atoms with Gasteiger partial charge in [0.1, 0.15) is 0 Å². The van der Waals surface area contributed by atoms with E-state index in [1.807, 2.05) is 13.0 Å². The summed E-state index contributed by atoms with van der Waals surface area (Å²) in [5.41, 5.74) is 3.29. The van der Waals surface area contributed by atoms with Crippen molar-refractivity contribution in [3.05, 3.63) is 41.5 Å². The number of benzene rings is 1. The van der Waals surface area contributed by atoms with Crippen molar-refractivity contribution in [2.24, 2.45) is 10.2 Å². The molecule has 68 valence electrons. The average molecular weight is 174 g/mol. The molecule has 1 rings (SSSR count). The standard InChI is InChI=1S/C11H14N2/c1-4-11(13-12-3)10-7-5-9(2)6-8-10/h4-8H,1-3H3/b11-4-,13-12?. The molecule has 0 saturated carbocycles. The number of hydrogen-bond donors (Lipinski definition) is 0. The summed E-state index contributed by atoms with van der Waals surface area (Å²) in [6, 6.07) is 8.26. The third-order valence-corrected chi connectivity index (χ3v) is 1.83. The molecule has 0 amide bonds. The van der Waals surface area contributed by atoms with Gasteiger partial charge in [-0.1, -0.05) is 35.9 Å². The van der Waals surface area contributed by atoms with Crippen LogP contribution >= 0.6 is 0 Å². The molecule has 0 aromatic heterocycles. The fourth-order valence-electron chi connectivity index (χ4n) is 1.11. The van der Waals surface area contributed by atoms with Crippen molar-refractivity contribution < 1.29 is 0 Å². The maximum atomic E-state index is 4.03. The topological polar surface area (TPSA) is 24.7 Å². The average Bonchev–Trinajstić information content (AvgIpc) is 2.16. The first-order valence-electron chi connectivity index (χ1n) is 4.31. The molecular weight excluding hydrogens is 160 g/mol. The molecule has 2 heteroatoms. The minimum Gasteiger partial charge on any atom is -0.192 e. The highest BCUT2D eigenvalue weighted by molar-refractivity contribution is 5.63. The smallest absolute Gasteiger partial charge is 0.0882 e. The van der Waals surface area contributed by atoms with Crippen LogP contribution in [0.15, 0.2) is 40.6 Å². The van der Waals surface area contributed by atoms with Crippen LogP contribution in [0, 0.1) is 6.92 Å². The van der Waals surface area contributed by atoms with E-state index in [0.717, 1.165) is 11.3 Å². The molecule has 0 unspecified atom stereocenters. The molecule has 13 heavy (non-hydrogen) atoms. The highest BCUT2D eigenvalue weighted by atomic mass is 15.1. The van der Waals surface area contributed by atoms with Gasteiger partial charge in [-0.2, -0.15) is 10.2 Å². The monoisotopic (exact) mass is 174 g/mol. The van der Waals surface area contributed by atoms with E-state index in [1.165, 1.54) is 5.56 Å². The van der Waals surface area contributed by atoms with Crippen LogP contribution in [-0.4, -0.2) is 7.05 Å². The Bertz CT molecular complexity index is 320. The lowest BCUT2D eigenvalue weighted by Gasteiger charge is -1.99. The third kappa shape index (κ3) is 2.51. The molecule has 0 spiro atoms. The fourth-order valence-corrected chi connectivity index (χ4v) is 1.11. The minimum atomic E-state index is 0.919. The second-order valence-electron chi connectivity index (χ2n) is 2.84. The summed E-state index contributed by atoms with van der Waals surface area (Å²) in [5.74, 6) is 0. The number of nitrogens with zero attached hydrogens (tertiary/aromatic N) is 2. The van der Waals surface area contributed by atoms with Crippen molar-refractivity contribution in [3.63, 3.8) is 0 Å². The molecule has 0 aliphatic rings. The summed E-state index contributed by atoms with van der Waals surface area (Å²) in [4.78, 5) is 0. The second-order valence-corrected chi connectivity index (χ2v) is 2.84. The quantitative estimate of drug-likeness (QED) is 0.613. The highest BCUT2D eigenvalue weighted by Crippen LogP contribution is 2.16. The Morgan fingerprint density at radius 2 is 1.85 bits per heavy atom. The molecule has 0 fully saturated rings. The molecule has 2 nitrogen and oxygen atoms in total. The normalized spacial score (nSPS) is 12.4. The first kappa shape index (κ1) is 9.65. The van der Waals surface area contributed by atoms with Gasteiger partial charge in [-0.3, -0.25) is 0 Å². The Balaban J connectivity index is 3.00. The lowest BCUT2D eigenvalue weighted by atomic mass is 10.1. The van der Waals surface area contributed by atoms with E-state index in [2.05, 4.69) is 41.4 Å². The van der Waals surface area contributed by atoms with Crippen molar-refractivity contribution in [1.82, 2.24) is 0 Å². The number of rotatable bonds is 2. The molecule has 0 aliphatic heterocycles. The summed E-state index contributed by atoms with van der Waals surface area (Å²) in [7, 11) is 1.68. The zero-order valence-electron chi connectivity index (χ0n) is 8.28. The molecule has 0 saturated heterocycles. The Kier molecular flexibility index (Phi) is 3.38. The van der Waals surface area contributed by atoms with Crippen molar-refractivity contribution in [1.29, 1.82) is 0 Å². The molecule has 0 radical (unpaired) electrons. The zero-order valence-corrected chi connectivity index (χ0v) is 8.28. The number of aryl methyl sites for hydroxylation is 1. The SMILES string of the molecule is C/C=C(\N=NC)c1ccc(C)cc1. The van der Waals surface area contributed by atoms with Crippen LogP contribution in [0.5, 0.6) is 0 Å². The van der Waals surface area contributed by atoms with Gasteiger partial charge in [0.05, 0.1) is 5.70 Å². The van der Waals surface area contributed by atoms with Crippen molar-refractivity contribution in [3.8, 4) is 0 Å². The predicted octanol–water partition coefficient (Wildman–Crippen LogP) is 3.44. The Morgan fingerprint density at radius 3 is 2.31 bits per heavy atom. The first-order valence-corrected chi connectivity index (χ1v) is 4.31. The maximum absolute atomic E-state index is 4.03. The van der Waals surface area contributed by atoms with E-state index >= 15 is 0 Å². The molecule has 0 bridgehead atoms. The van der Waals surface area contributed by atoms with E-state index in [-0.39, 0.29) is 0 Å². The van der Waals surface area contributed by atoms with Crippen LogP contribution in [0.4, 0.5) is 0 Å². The minimum absolute atomic E-state index is 0.919. The predicted molar refractivity (Wildman–Crippen MR) is 55.6 cm³/mol. The van der Waals surface area contributed by atoms with E-state index in [0.29, 0.717) is 0 Å². The van der Waals surface area contributed by atoms with Gasteiger partial charge >= 0.3 is 0 Å². The van der Waals surface area contributed by atoms with Crippen molar-refractivity contribution in [2.75, 3.05) is 7.05 Å². The number of allylic oxidation sites excluding steroid dienone is 1. The number of azo groups is 1. The number of hydrogen-bond acceptors (Lipinski definition) is 2. The summed E-state index contributed by atoms with van der Waals surface area (Å²) >= 11 is 0. The van der Waals surface area contributed by atoms with Gasteiger partial charge in [-0.05, 0) is 13.8 Å². The molecule has 0 N–H and O–H groups in total. The Morgan fingerprint density at radius 1 is 1.23 bits per heavy atom. The summed E-state index contributed by atoms with van der Waals surface area (Å²) in [6.45, 7) is 4.03.